The van der Waals surface area contributed by atoms with E-state index in [1.54, 1.807) is 27.9 Å². The Morgan fingerprint density at radius 3 is 2.12 bits per heavy atom. The van der Waals surface area contributed by atoms with Crippen molar-refractivity contribution >= 4 is 15.6 Å². The number of ketones is 1. The molecule has 4 nitrogen and oxygen atoms in total. The highest BCUT2D eigenvalue weighted by Gasteiger charge is 2.34. The van der Waals surface area contributed by atoms with Crippen LogP contribution >= 0.6 is 0 Å². The second-order valence-electron chi connectivity index (χ2n) is 8.10. The fourth-order valence-corrected chi connectivity index (χ4v) is 4.75. The Bertz CT molecular complexity index is 675. The van der Waals surface area contributed by atoms with Gasteiger partial charge < -0.3 is 4.74 Å². The Balaban J connectivity index is 1.85. The molecule has 2 rings (SSSR count). The Hall–Kier alpha value is -1.36. The number of sulfone groups is 1. The van der Waals surface area contributed by atoms with Gasteiger partial charge in [-0.1, -0.05) is 12.1 Å². The van der Waals surface area contributed by atoms with E-state index in [0.717, 1.165) is 37.0 Å². The summed E-state index contributed by atoms with van der Waals surface area (Å²) in [6.07, 6.45) is 3.71. The van der Waals surface area contributed by atoms with E-state index in [0.29, 0.717) is 6.42 Å². The molecule has 0 aliphatic heterocycles. The van der Waals surface area contributed by atoms with Crippen molar-refractivity contribution in [3.8, 4) is 5.75 Å². The van der Waals surface area contributed by atoms with Crippen molar-refractivity contribution in [3.05, 3.63) is 29.8 Å². The molecule has 1 fully saturated rings. The standard InChI is InChI=1S/C20H30O4S/c1-20(2,3)25(22,23)14-16-5-9-17(10-6-16)19(21)13-15-7-11-18(24-4)12-8-15/h7-8,11-12,16-17H,5-6,9-10,13-14H2,1-4H3. The van der Waals surface area contributed by atoms with Crippen LogP contribution in [-0.2, 0) is 21.1 Å². The van der Waals surface area contributed by atoms with Crippen molar-refractivity contribution < 1.29 is 17.9 Å². The largest absolute Gasteiger partial charge is 0.497 e. The van der Waals surface area contributed by atoms with Gasteiger partial charge in [0, 0.05) is 12.3 Å². The first-order valence-electron chi connectivity index (χ1n) is 9.00. The van der Waals surface area contributed by atoms with E-state index in [9.17, 15) is 13.2 Å². The van der Waals surface area contributed by atoms with Crippen molar-refractivity contribution in [1.29, 1.82) is 0 Å². The number of methoxy groups -OCH3 is 1. The maximum absolute atomic E-state index is 12.5. The van der Waals surface area contributed by atoms with E-state index in [1.165, 1.54) is 0 Å². The van der Waals surface area contributed by atoms with E-state index in [-0.39, 0.29) is 23.4 Å². The number of ether oxygens (including phenoxy) is 1. The van der Waals surface area contributed by atoms with E-state index >= 15 is 0 Å². The summed E-state index contributed by atoms with van der Waals surface area (Å²) in [5, 5.41) is 0. The van der Waals surface area contributed by atoms with Crippen molar-refractivity contribution in [1.82, 2.24) is 0 Å². The highest BCUT2D eigenvalue weighted by Crippen LogP contribution is 2.33. The Morgan fingerprint density at radius 2 is 1.64 bits per heavy atom. The average molecular weight is 367 g/mol. The predicted octanol–water partition coefficient (Wildman–Crippen LogP) is 3.83. The summed E-state index contributed by atoms with van der Waals surface area (Å²) >= 11 is 0. The van der Waals surface area contributed by atoms with Gasteiger partial charge >= 0.3 is 0 Å². The van der Waals surface area contributed by atoms with Crippen LogP contribution in [0.4, 0.5) is 0 Å². The monoisotopic (exact) mass is 366 g/mol. The van der Waals surface area contributed by atoms with Gasteiger partial charge in [-0.25, -0.2) is 8.42 Å². The number of carbonyl (C=O) groups is 1. The number of hydrogen-bond acceptors (Lipinski definition) is 4. The van der Waals surface area contributed by atoms with Gasteiger partial charge in [-0.2, -0.15) is 0 Å². The van der Waals surface area contributed by atoms with Crippen molar-refractivity contribution in [2.24, 2.45) is 11.8 Å². The third-order valence-corrected chi connectivity index (χ3v) is 8.00. The fraction of sp³-hybridized carbons (Fsp3) is 0.650. The predicted molar refractivity (Wildman–Crippen MR) is 101 cm³/mol. The van der Waals surface area contributed by atoms with Gasteiger partial charge in [0.2, 0.25) is 0 Å². The maximum atomic E-state index is 12.5. The highest BCUT2D eigenvalue weighted by molar-refractivity contribution is 7.92. The molecular weight excluding hydrogens is 336 g/mol. The second kappa shape index (κ2) is 7.90. The molecule has 0 heterocycles. The topological polar surface area (TPSA) is 60.4 Å². The number of carbonyl (C=O) groups excluding carboxylic acids is 1. The van der Waals surface area contributed by atoms with Gasteiger partial charge in [-0.05, 0) is 70.1 Å². The summed E-state index contributed by atoms with van der Waals surface area (Å²) in [5.74, 6) is 1.56. The first kappa shape index (κ1) is 20.0. The second-order valence-corrected chi connectivity index (χ2v) is 10.9. The van der Waals surface area contributed by atoms with Crippen molar-refractivity contribution in [2.45, 2.75) is 57.6 Å². The third-order valence-electron chi connectivity index (χ3n) is 5.23. The van der Waals surface area contributed by atoms with E-state index in [4.69, 9.17) is 4.74 Å². The summed E-state index contributed by atoms with van der Waals surface area (Å²) in [6, 6.07) is 7.60. The molecule has 0 unspecified atom stereocenters. The molecule has 1 aromatic rings. The minimum Gasteiger partial charge on any atom is -0.497 e. The average Bonchev–Trinajstić information content (AvgIpc) is 2.55. The summed E-state index contributed by atoms with van der Waals surface area (Å²) in [5.41, 5.74) is 1.00. The lowest BCUT2D eigenvalue weighted by Gasteiger charge is -2.30. The molecular formula is C20H30O4S. The van der Waals surface area contributed by atoms with Crippen LogP contribution in [0.25, 0.3) is 0 Å². The van der Waals surface area contributed by atoms with Gasteiger partial charge in [-0.15, -0.1) is 0 Å². The first-order chi connectivity index (χ1) is 11.6. The van der Waals surface area contributed by atoms with Crippen LogP contribution in [0.15, 0.2) is 24.3 Å². The highest BCUT2D eigenvalue weighted by atomic mass is 32.2. The van der Waals surface area contributed by atoms with Gasteiger partial charge in [0.15, 0.2) is 9.84 Å². The van der Waals surface area contributed by atoms with Gasteiger partial charge in [-0.3, -0.25) is 4.79 Å². The summed E-state index contributed by atoms with van der Waals surface area (Å²) in [6.45, 7) is 5.27. The van der Waals surface area contributed by atoms with Crippen LogP contribution in [0.2, 0.25) is 0 Å². The molecule has 1 aliphatic rings. The van der Waals surface area contributed by atoms with Gasteiger partial charge in [0.1, 0.15) is 11.5 Å². The lowest BCUT2D eigenvalue weighted by Crippen LogP contribution is -2.35. The Morgan fingerprint density at radius 1 is 1.08 bits per heavy atom. The molecule has 0 aromatic heterocycles. The SMILES string of the molecule is COc1ccc(CC(=O)C2CCC(CS(=O)(=O)C(C)(C)C)CC2)cc1. The molecule has 0 N–H and O–H groups in total. The van der Waals surface area contributed by atoms with E-state index in [2.05, 4.69) is 0 Å². The molecule has 25 heavy (non-hydrogen) atoms. The molecule has 5 heteroatoms. The van der Waals surface area contributed by atoms with Crippen LogP contribution < -0.4 is 4.74 Å². The molecule has 0 bridgehead atoms. The quantitative estimate of drug-likeness (QED) is 0.768. The smallest absolute Gasteiger partial charge is 0.155 e. The minimum absolute atomic E-state index is 0.0655. The van der Waals surface area contributed by atoms with E-state index in [1.807, 2.05) is 24.3 Å². The van der Waals surface area contributed by atoms with Crippen molar-refractivity contribution in [3.63, 3.8) is 0 Å². The normalized spacial score (nSPS) is 21.8. The fourth-order valence-electron chi connectivity index (χ4n) is 3.30. The lowest BCUT2D eigenvalue weighted by atomic mass is 9.79. The van der Waals surface area contributed by atoms with Gasteiger partial charge in [0.25, 0.3) is 0 Å². The van der Waals surface area contributed by atoms with Crippen LogP contribution in [0.3, 0.4) is 0 Å². The number of Topliss-reactive ketones (excluding diaryl/α,β-unsaturated/α-hetero) is 1. The molecule has 0 amide bonds. The van der Waals surface area contributed by atoms with E-state index < -0.39 is 14.6 Å². The van der Waals surface area contributed by atoms with Crippen LogP contribution in [0.1, 0.15) is 52.0 Å². The summed E-state index contributed by atoms with van der Waals surface area (Å²) in [7, 11) is -1.46. The molecule has 0 radical (unpaired) electrons. The number of rotatable bonds is 6. The molecule has 0 saturated heterocycles. The van der Waals surface area contributed by atoms with Crippen LogP contribution in [-0.4, -0.2) is 31.8 Å². The molecule has 1 aromatic carbocycles. The zero-order valence-electron chi connectivity index (χ0n) is 15.7. The molecule has 0 spiro atoms. The molecule has 1 aliphatic carbocycles. The van der Waals surface area contributed by atoms with Crippen LogP contribution in [0, 0.1) is 11.8 Å². The third kappa shape index (κ3) is 5.30. The molecule has 1 saturated carbocycles. The lowest BCUT2D eigenvalue weighted by molar-refractivity contribution is -0.123. The molecule has 140 valence electrons. The van der Waals surface area contributed by atoms with Crippen LogP contribution in [0.5, 0.6) is 5.75 Å². The first-order valence-corrected chi connectivity index (χ1v) is 10.7. The number of benzene rings is 1. The number of hydrogen-bond donors (Lipinski definition) is 0. The summed E-state index contributed by atoms with van der Waals surface area (Å²) < 4.78 is 29.1. The zero-order valence-corrected chi connectivity index (χ0v) is 16.6. The zero-order chi connectivity index (χ0) is 18.7. The molecule has 0 atom stereocenters. The Labute approximate surface area is 151 Å². The Kier molecular flexibility index (Phi) is 6.30. The maximum Gasteiger partial charge on any atom is 0.155 e. The summed E-state index contributed by atoms with van der Waals surface area (Å²) in [4.78, 5) is 12.5. The minimum atomic E-state index is -3.09. The van der Waals surface area contributed by atoms with Crippen molar-refractivity contribution in [2.75, 3.05) is 12.9 Å². The van der Waals surface area contributed by atoms with Gasteiger partial charge in [0.05, 0.1) is 17.6 Å².